The molecule has 1 aromatic carbocycles. The highest BCUT2D eigenvalue weighted by atomic mass is 19.1. The zero-order valence-electron chi connectivity index (χ0n) is 19.0. The molecule has 1 aromatic heterocycles. The number of hydrogen-bond donors (Lipinski definition) is 0. The lowest BCUT2D eigenvalue weighted by atomic mass is 10.0. The number of halogens is 2. The van der Waals surface area contributed by atoms with Gasteiger partial charge in [-0.25, -0.2) is 9.37 Å². The Bertz CT molecular complexity index is 737. The van der Waals surface area contributed by atoms with Crippen molar-refractivity contribution in [3.63, 3.8) is 0 Å². The van der Waals surface area contributed by atoms with Gasteiger partial charge in [0.2, 0.25) is 0 Å². The highest BCUT2D eigenvalue weighted by Gasteiger charge is 2.10. The molecule has 1 atom stereocenters. The Morgan fingerprint density at radius 1 is 0.839 bits per heavy atom. The molecular weight excluding hydrogens is 396 g/mol. The van der Waals surface area contributed by atoms with Crippen molar-refractivity contribution in [2.24, 2.45) is 0 Å². The first kappa shape index (κ1) is 25.3. The van der Waals surface area contributed by atoms with E-state index in [4.69, 9.17) is 9.47 Å². The molecule has 0 aliphatic heterocycles. The molecule has 0 aliphatic rings. The topological polar surface area (TPSA) is 31.4 Å². The third kappa shape index (κ3) is 9.77. The van der Waals surface area contributed by atoms with Gasteiger partial charge in [-0.3, -0.25) is 0 Å². The molecule has 31 heavy (non-hydrogen) atoms. The number of unbranched alkanes of at least 4 members (excludes halogenated alkanes) is 5. The van der Waals surface area contributed by atoms with E-state index in [1.54, 1.807) is 12.1 Å². The van der Waals surface area contributed by atoms with Crippen LogP contribution in [0.15, 0.2) is 36.4 Å². The predicted octanol–water partition coefficient (Wildman–Crippen LogP) is 7.32. The molecular formula is C26H37F2NO2. The lowest BCUT2D eigenvalue weighted by molar-refractivity contribution is 0.112. The standard InChI is InChI=1S/C26H37F2NO2/c1-3-5-6-7-8-9-18-31-25-15-14-24(29-26(25)28)22-12-10-21(11-13-22)20-23(27)16-19-30-17-4-2/h10-15,23H,3-9,16-20H2,1-2H3. The smallest absolute Gasteiger partial charge is 0.255 e. The van der Waals surface area contributed by atoms with Crippen molar-refractivity contribution in [1.82, 2.24) is 4.98 Å². The summed E-state index contributed by atoms with van der Waals surface area (Å²) in [5, 5.41) is 0. The number of ether oxygens (including phenoxy) is 2. The minimum atomic E-state index is -0.929. The highest BCUT2D eigenvalue weighted by Crippen LogP contribution is 2.23. The third-order valence-corrected chi connectivity index (χ3v) is 5.20. The summed E-state index contributed by atoms with van der Waals surface area (Å²) in [7, 11) is 0. The van der Waals surface area contributed by atoms with Crippen molar-refractivity contribution in [2.75, 3.05) is 19.8 Å². The summed E-state index contributed by atoms with van der Waals surface area (Å²) in [5.41, 5.74) is 2.25. The summed E-state index contributed by atoms with van der Waals surface area (Å²) in [6.07, 6.45) is 7.73. The summed E-state index contributed by atoms with van der Waals surface area (Å²) < 4.78 is 39.3. The van der Waals surface area contributed by atoms with Gasteiger partial charge in [0, 0.05) is 31.6 Å². The van der Waals surface area contributed by atoms with Crippen molar-refractivity contribution in [2.45, 2.75) is 77.8 Å². The Hall–Kier alpha value is -2.01. The van der Waals surface area contributed by atoms with Crippen LogP contribution >= 0.6 is 0 Å². The quantitative estimate of drug-likeness (QED) is 0.205. The Kier molecular flexibility index (Phi) is 12.1. The summed E-state index contributed by atoms with van der Waals surface area (Å²) in [4.78, 5) is 4.05. The van der Waals surface area contributed by atoms with Crippen LogP contribution in [0.1, 0.15) is 70.8 Å². The maximum Gasteiger partial charge on any atom is 0.255 e. The van der Waals surface area contributed by atoms with Gasteiger partial charge >= 0.3 is 0 Å². The molecule has 2 aromatic rings. The van der Waals surface area contributed by atoms with E-state index in [0.29, 0.717) is 38.4 Å². The average Bonchev–Trinajstić information content (AvgIpc) is 2.77. The van der Waals surface area contributed by atoms with E-state index in [2.05, 4.69) is 11.9 Å². The molecule has 1 unspecified atom stereocenters. The molecule has 0 bridgehead atoms. The fraction of sp³-hybridized carbons (Fsp3) is 0.577. The normalized spacial score (nSPS) is 12.1. The van der Waals surface area contributed by atoms with Gasteiger partial charge in [-0.1, -0.05) is 70.2 Å². The molecule has 0 spiro atoms. The summed E-state index contributed by atoms with van der Waals surface area (Å²) in [6, 6.07) is 10.9. The SMILES string of the molecule is CCCCCCCCOc1ccc(-c2ccc(CC(F)CCOCCC)cc2)nc1F. The molecule has 0 amide bonds. The average molecular weight is 434 g/mol. The minimum Gasteiger partial charge on any atom is -0.489 e. The molecule has 0 N–H and O–H groups in total. The summed E-state index contributed by atoms with van der Waals surface area (Å²) in [5.74, 6) is -0.400. The van der Waals surface area contributed by atoms with Crippen molar-refractivity contribution in [3.8, 4) is 17.0 Å². The van der Waals surface area contributed by atoms with Crippen LogP contribution in [0, 0.1) is 5.95 Å². The number of benzene rings is 1. The number of nitrogens with zero attached hydrogens (tertiary/aromatic N) is 1. The van der Waals surface area contributed by atoms with Crippen LogP contribution in [-0.2, 0) is 11.2 Å². The molecule has 0 aliphatic carbocycles. The number of rotatable bonds is 16. The summed E-state index contributed by atoms with van der Waals surface area (Å²) >= 11 is 0. The van der Waals surface area contributed by atoms with E-state index in [0.717, 1.165) is 30.4 Å². The maximum absolute atomic E-state index is 14.3. The highest BCUT2D eigenvalue weighted by molar-refractivity contribution is 5.60. The fourth-order valence-electron chi connectivity index (χ4n) is 3.38. The molecule has 5 heteroatoms. The van der Waals surface area contributed by atoms with Gasteiger partial charge in [0.15, 0.2) is 5.75 Å². The van der Waals surface area contributed by atoms with Gasteiger partial charge in [-0.05, 0) is 30.5 Å². The van der Waals surface area contributed by atoms with E-state index >= 15 is 0 Å². The van der Waals surface area contributed by atoms with Gasteiger partial charge in [0.05, 0.1) is 12.3 Å². The summed E-state index contributed by atoms with van der Waals surface area (Å²) in [6.45, 7) is 5.86. The second-order valence-corrected chi connectivity index (χ2v) is 8.00. The first-order valence-electron chi connectivity index (χ1n) is 11.7. The van der Waals surface area contributed by atoms with Crippen LogP contribution in [0.25, 0.3) is 11.3 Å². The lowest BCUT2D eigenvalue weighted by Crippen LogP contribution is -2.09. The Balaban J connectivity index is 1.80. The van der Waals surface area contributed by atoms with Gasteiger partial charge in [-0.15, -0.1) is 0 Å². The van der Waals surface area contributed by atoms with Gasteiger partial charge in [0.1, 0.15) is 6.17 Å². The van der Waals surface area contributed by atoms with Crippen LogP contribution in [0.5, 0.6) is 5.75 Å². The molecule has 3 nitrogen and oxygen atoms in total. The second-order valence-electron chi connectivity index (χ2n) is 8.00. The van der Waals surface area contributed by atoms with Gasteiger partial charge < -0.3 is 9.47 Å². The number of aromatic nitrogens is 1. The van der Waals surface area contributed by atoms with E-state index in [-0.39, 0.29) is 5.75 Å². The Morgan fingerprint density at radius 2 is 1.58 bits per heavy atom. The molecule has 1 heterocycles. The molecule has 0 radical (unpaired) electrons. The van der Waals surface area contributed by atoms with Gasteiger partial charge in [0.25, 0.3) is 5.95 Å². The number of pyridine rings is 1. The molecule has 0 fully saturated rings. The molecule has 0 saturated heterocycles. The van der Waals surface area contributed by atoms with Gasteiger partial charge in [-0.2, -0.15) is 4.39 Å². The zero-order valence-corrected chi connectivity index (χ0v) is 19.0. The Morgan fingerprint density at radius 3 is 2.29 bits per heavy atom. The zero-order chi connectivity index (χ0) is 22.3. The Labute approximate surface area is 186 Å². The third-order valence-electron chi connectivity index (χ3n) is 5.20. The largest absolute Gasteiger partial charge is 0.489 e. The van der Waals surface area contributed by atoms with Crippen LogP contribution in [-0.4, -0.2) is 31.0 Å². The van der Waals surface area contributed by atoms with E-state index in [1.807, 2.05) is 31.2 Å². The van der Waals surface area contributed by atoms with Crippen molar-refractivity contribution in [1.29, 1.82) is 0 Å². The minimum absolute atomic E-state index is 0.194. The van der Waals surface area contributed by atoms with E-state index in [1.165, 1.54) is 25.7 Å². The fourth-order valence-corrected chi connectivity index (χ4v) is 3.38. The number of alkyl halides is 1. The first-order chi connectivity index (χ1) is 15.1. The molecule has 2 rings (SSSR count). The van der Waals surface area contributed by atoms with Crippen LogP contribution < -0.4 is 4.74 Å². The van der Waals surface area contributed by atoms with Crippen LogP contribution in [0.2, 0.25) is 0 Å². The second kappa shape index (κ2) is 14.9. The lowest BCUT2D eigenvalue weighted by Gasteiger charge is -2.10. The molecule has 0 saturated carbocycles. The molecule has 172 valence electrons. The van der Waals surface area contributed by atoms with Crippen LogP contribution in [0.3, 0.4) is 0 Å². The monoisotopic (exact) mass is 433 g/mol. The van der Waals surface area contributed by atoms with E-state index in [9.17, 15) is 8.78 Å². The maximum atomic E-state index is 14.3. The van der Waals surface area contributed by atoms with E-state index < -0.39 is 12.1 Å². The predicted molar refractivity (Wildman–Crippen MR) is 123 cm³/mol. The number of hydrogen-bond acceptors (Lipinski definition) is 3. The van der Waals surface area contributed by atoms with Crippen LogP contribution in [0.4, 0.5) is 8.78 Å². The van der Waals surface area contributed by atoms with Crippen molar-refractivity contribution >= 4 is 0 Å². The van der Waals surface area contributed by atoms with Crippen molar-refractivity contribution < 1.29 is 18.3 Å². The van der Waals surface area contributed by atoms with Crippen molar-refractivity contribution in [3.05, 3.63) is 47.9 Å². The first-order valence-corrected chi connectivity index (χ1v) is 11.7.